The van der Waals surface area contributed by atoms with Crippen LogP contribution in [0.15, 0.2) is 48.5 Å². The summed E-state index contributed by atoms with van der Waals surface area (Å²) in [5.74, 6) is -0.00964. The summed E-state index contributed by atoms with van der Waals surface area (Å²) in [5.41, 5.74) is 2.59. The van der Waals surface area contributed by atoms with Crippen LogP contribution >= 0.6 is 32.9 Å². The average Bonchev–Trinajstić information content (AvgIpc) is 3.16. The van der Waals surface area contributed by atoms with Gasteiger partial charge >= 0.3 is 5.97 Å². The zero-order chi connectivity index (χ0) is 22.3. The normalized spacial score (nSPS) is 15.0. The number of fused-ring (bicyclic) bond motifs is 3. The van der Waals surface area contributed by atoms with Gasteiger partial charge in [0.15, 0.2) is 0 Å². The van der Waals surface area contributed by atoms with Gasteiger partial charge in [-0.3, -0.25) is 4.79 Å². The van der Waals surface area contributed by atoms with Gasteiger partial charge in [0.05, 0.1) is 21.7 Å². The van der Waals surface area contributed by atoms with Crippen LogP contribution in [0.25, 0.3) is 11.1 Å². The van der Waals surface area contributed by atoms with Crippen molar-refractivity contribution >= 4 is 50.5 Å². The minimum atomic E-state index is -0.511. The third-order valence-corrected chi connectivity index (χ3v) is 9.03. The predicted octanol–water partition coefficient (Wildman–Crippen LogP) is 7.05. The molecule has 1 atom stereocenters. The molecule has 0 fully saturated rings. The predicted molar refractivity (Wildman–Crippen MR) is 130 cm³/mol. The molecule has 7 heteroatoms. The largest absolute Gasteiger partial charge is 0.423 e. The first kappa shape index (κ1) is 21.9. The maximum atomic E-state index is 13.4. The molecule has 1 aliphatic rings. The Hall–Kier alpha value is -2.35. The smallest absolute Gasteiger partial charge is 0.343 e. The Morgan fingerprint density at radius 2 is 1.84 bits per heavy atom. The number of amides is 1. The second-order valence-corrected chi connectivity index (χ2v) is 11.0. The highest BCUT2D eigenvalue weighted by molar-refractivity contribution is 7.80. The van der Waals surface area contributed by atoms with Crippen molar-refractivity contribution < 1.29 is 14.3 Å². The molecule has 0 spiro atoms. The van der Waals surface area contributed by atoms with Crippen molar-refractivity contribution in [1.82, 2.24) is 0 Å². The molecule has 2 aromatic carbocycles. The van der Waals surface area contributed by atoms with E-state index < -0.39 is 11.5 Å². The van der Waals surface area contributed by atoms with Gasteiger partial charge in [0.1, 0.15) is 9.57 Å². The topological polar surface area (TPSA) is 46.6 Å². The van der Waals surface area contributed by atoms with Gasteiger partial charge in [0.25, 0.3) is 0 Å². The fourth-order valence-electron chi connectivity index (χ4n) is 3.80. The van der Waals surface area contributed by atoms with Crippen LogP contribution in [0.3, 0.4) is 0 Å². The average molecular weight is 470 g/mol. The minimum Gasteiger partial charge on any atom is -0.423 e. The molecule has 160 valence electrons. The summed E-state index contributed by atoms with van der Waals surface area (Å²) in [7, 11) is 3.16. The van der Waals surface area contributed by atoms with E-state index in [1.165, 1.54) is 0 Å². The molecule has 4 rings (SSSR count). The highest BCUT2D eigenvalue weighted by Crippen LogP contribution is 2.53. The maximum absolute atomic E-state index is 13.4. The summed E-state index contributed by atoms with van der Waals surface area (Å²) < 4.78 is 6.43. The Balaban J connectivity index is 1.82. The number of anilines is 1. The zero-order valence-electron chi connectivity index (χ0n) is 17.8. The van der Waals surface area contributed by atoms with Crippen molar-refractivity contribution in [2.45, 2.75) is 39.7 Å². The lowest BCUT2D eigenvalue weighted by Gasteiger charge is -2.44. The quantitative estimate of drug-likeness (QED) is 0.178. The van der Waals surface area contributed by atoms with Gasteiger partial charge in [0.2, 0.25) is 5.91 Å². The lowest BCUT2D eigenvalue weighted by Crippen LogP contribution is -2.49. The summed E-state index contributed by atoms with van der Waals surface area (Å²) in [6.07, 6.45) is 0.764. The molecule has 0 saturated heterocycles. The van der Waals surface area contributed by atoms with Crippen LogP contribution in [0.4, 0.5) is 5.69 Å². The lowest BCUT2D eigenvalue weighted by molar-refractivity contribution is -0.123. The number of hydrogen-bond acceptors (Lipinski definition) is 6. The molecule has 0 bridgehead atoms. The van der Waals surface area contributed by atoms with Crippen molar-refractivity contribution in [1.29, 1.82) is 0 Å². The summed E-state index contributed by atoms with van der Waals surface area (Å²) in [5, 5.41) is 0. The second-order valence-electron chi connectivity index (χ2n) is 8.13. The van der Waals surface area contributed by atoms with E-state index in [4.69, 9.17) is 17.0 Å². The number of ether oxygens (including phenoxy) is 1. The lowest BCUT2D eigenvalue weighted by atomic mass is 9.86. The molecule has 1 aromatic heterocycles. The zero-order valence-corrected chi connectivity index (χ0v) is 20.2. The Bertz CT molecular complexity index is 1210. The number of hydrogen-bond donors (Lipinski definition) is 0. The van der Waals surface area contributed by atoms with Crippen LogP contribution in [0.1, 0.15) is 49.4 Å². The molecule has 1 aliphatic heterocycles. The van der Waals surface area contributed by atoms with Gasteiger partial charge < -0.3 is 9.64 Å². The number of rotatable bonds is 4. The second kappa shape index (κ2) is 8.30. The van der Waals surface area contributed by atoms with Crippen LogP contribution < -0.4 is 9.64 Å². The van der Waals surface area contributed by atoms with Crippen molar-refractivity contribution in [3.63, 3.8) is 0 Å². The van der Waals surface area contributed by atoms with Gasteiger partial charge in [-0.05, 0) is 50.6 Å². The van der Waals surface area contributed by atoms with E-state index in [1.54, 1.807) is 51.0 Å². The highest BCUT2D eigenvalue weighted by atomic mass is 32.9. The van der Waals surface area contributed by atoms with Crippen molar-refractivity contribution in [3.8, 4) is 16.9 Å². The third kappa shape index (κ3) is 3.75. The molecule has 0 saturated carbocycles. The van der Waals surface area contributed by atoms with E-state index in [0.29, 0.717) is 11.3 Å². The number of carbonyl (C=O) groups is 2. The van der Waals surface area contributed by atoms with E-state index in [9.17, 15) is 9.59 Å². The molecule has 3 aromatic rings. The molecule has 0 radical (unpaired) electrons. The van der Waals surface area contributed by atoms with Crippen LogP contribution in [-0.2, 0) is 10.3 Å². The number of esters is 1. The van der Waals surface area contributed by atoms with Gasteiger partial charge in [-0.25, -0.2) is 4.79 Å². The van der Waals surface area contributed by atoms with E-state index >= 15 is 0 Å². The number of nitrogens with zero attached hydrogens (tertiary/aromatic N) is 1. The molecule has 0 aliphatic carbocycles. The summed E-state index contributed by atoms with van der Waals surface area (Å²) in [6.45, 7) is 8.11. The van der Waals surface area contributed by atoms with Crippen LogP contribution in [0.2, 0.25) is 0 Å². The first-order valence-corrected chi connectivity index (χ1v) is 12.7. The molecular formula is C24H23NO3S3. The Morgan fingerprint density at radius 1 is 1.13 bits per heavy atom. The summed E-state index contributed by atoms with van der Waals surface area (Å²) >= 11 is 5.66. The molecule has 2 heterocycles. The van der Waals surface area contributed by atoms with E-state index in [2.05, 4.69) is 13.8 Å². The summed E-state index contributed by atoms with van der Waals surface area (Å²) in [6, 6.07) is 14.3. The fourth-order valence-corrected chi connectivity index (χ4v) is 7.08. The van der Waals surface area contributed by atoms with Crippen LogP contribution in [0, 0.1) is 9.74 Å². The van der Waals surface area contributed by atoms with Gasteiger partial charge in [-0.1, -0.05) is 64.9 Å². The van der Waals surface area contributed by atoms with Gasteiger partial charge in [-0.2, -0.15) is 0 Å². The van der Waals surface area contributed by atoms with Crippen LogP contribution in [-0.4, -0.2) is 11.9 Å². The Labute approximate surface area is 194 Å². The number of benzene rings is 2. The molecule has 31 heavy (non-hydrogen) atoms. The SMILES string of the molecule is CC[C@@H](C)C(=O)N1c2ccc(OC(=O)c3ccccc3)cc2-c2c(ssc2=S)C1(C)C. The van der Waals surface area contributed by atoms with Gasteiger partial charge in [0, 0.05) is 17.0 Å². The molecule has 0 unspecified atom stereocenters. The van der Waals surface area contributed by atoms with Crippen molar-refractivity contribution in [3.05, 3.63) is 62.8 Å². The first-order chi connectivity index (χ1) is 14.8. The minimum absolute atomic E-state index is 0.0812. The Kier molecular flexibility index (Phi) is 5.85. The third-order valence-electron chi connectivity index (χ3n) is 5.70. The highest BCUT2D eigenvalue weighted by Gasteiger charge is 2.43. The van der Waals surface area contributed by atoms with Gasteiger partial charge in [-0.15, -0.1) is 0 Å². The monoisotopic (exact) mass is 469 g/mol. The fraction of sp³-hybridized carbons (Fsp3) is 0.292. The molecule has 4 nitrogen and oxygen atoms in total. The maximum Gasteiger partial charge on any atom is 0.343 e. The Morgan fingerprint density at radius 3 is 2.52 bits per heavy atom. The molecular weight excluding hydrogens is 446 g/mol. The number of carbonyl (C=O) groups excluding carboxylic acids is 2. The summed E-state index contributed by atoms with van der Waals surface area (Å²) in [4.78, 5) is 28.9. The first-order valence-electron chi connectivity index (χ1n) is 10.1. The van der Waals surface area contributed by atoms with Crippen LogP contribution in [0.5, 0.6) is 5.75 Å². The molecule has 1 amide bonds. The van der Waals surface area contributed by atoms with E-state index in [1.807, 2.05) is 36.9 Å². The molecule has 0 N–H and O–H groups in total. The van der Waals surface area contributed by atoms with E-state index in [-0.39, 0.29) is 11.8 Å². The van der Waals surface area contributed by atoms with Crippen molar-refractivity contribution in [2.75, 3.05) is 4.90 Å². The standard InChI is InChI=1S/C24H23NO3S3/c1-5-14(2)21(26)25-18-12-11-16(28-22(27)15-9-7-6-8-10-15)13-17(18)19-20(24(25,3)4)30-31-23(19)29/h6-14H,5H2,1-4H3/t14-/m1/s1. The van der Waals surface area contributed by atoms with Crippen molar-refractivity contribution in [2.24, 2.45) is 5.92 Å². The van der Waals surface area contributed by atoms with E-state index in [0.717, 1.165) is 31.9 Å².